The molecule has 5 heteroatoms. The van der Waals surface area contributed by atoms with Crippen molar-refractivity contribution in [2.24, 2.45) is 10.8 Å². The first-order valence-corrected chi connectivity index (χ1v) is 8.62. The number of furan rings is 1. The molecule has 1 aliphatic carbocycles. The fourth-order valence-electron chi connectivity index (χ4n) is 4.87. The van der Waals surface area contributed by atoms with Crippen molar-refractivity contribution < 1.29 is 18.7 Å². The van der Waals surface area contributed by atoms with Gasteiger partial charge in [-0.2, -0.15) is 0 Å². The van der Waals surface area contributed by atoms with E-state index < -0.39 is 5.97 Å². The minimum absolute atomic E-state index is 0.0901. The lowest BCUT2D eigenvalue weighted by molar-refractivity contribution is -0.135. The van der Waals surface area contributed by atoms with Gasteiger partial charge in [0.05, 0.1) is 0 Å². The third-order valence-electron chi connectivity index (χ3n) is 5.32. The van der Waals surface area contributed by atoms with E-state index in [0.29, 0.717) is 17.1 Å². The average molecular weight is 333 g/mol. The van der Waals surface area contributed by atoms with Crippen molar-refractivity contribution in [3.05, 3.63) is 23.2 Å². The van der Waals surface area contributed by atoms with Crippen LogP contribution in [0.3, 0.4) is 0 Å². The van der Waals surface area contributed by atoms with Crippen molar-refractivity contribution in [3.63, 3.8) is 0 Å². The number of carbonyl (C=O) groups is 2. The molecule has 1 amide bonds. The highest BCUT2D eigenvalue weighted by molar-refractivity contribution is 5.92. The second-order valence-electron chi connectivity index (χ2n) is 8.64. The lowest BCUT2D eigenvalue weighted by Gasteiger charge is -2.39. The quantitative estimate of drug-likeness (QED) is 0.795. The maximum atomic E-state index is 12.6. The van der Waals surface area contributed by atoms with Gasteiger partial charge in [-0.25, -0.2) is 4.79 Å². The minimum atomic E-state index is -0.494. The summed E-state index contributed by atoms with van der Waals surface area (Å²) in [5, 5.41) is 0. The van der Waals surface area contributed by atoms with Crippen molar-refractivity contribution >= 4 is 11.9 Å². The van der Waals surface area contributed by atoms with Gasteiger partial charge < -0.3 is 14.1 Å². The third-order valence-corrected chi connectivity index (χ3v) is 5.32. The van der Waals surface area contributed by atoms with Crippen molar-refractivity contribution in [2.75, 3.05) is 13.2 Å². The van der Waals surface area contributed by atoms with E-state index in [-0.39, 0.29) is 29.4 Å². The normalized spacial score (nSPS) is 28.0. The molecule has 1 aliphatic heterocycles. The van der Waals surface area contributed by atoms with Gasteiger partial charge in [-0.3, -0.25) is 4.79 Å². The number of rotatable bonds is 3. The van der Waals surface area contributed by atoms with Gasteiger partial charge >= 0.3 is 5.97 Å². The van der Waals surface area contributed by atoms with E-state index in [1.165, 1.54) is 0 Å². The highest BCUT2D eigenvalue weighted by Crippen LogP contribution is 2.52. The summed E-state index contributed by atoms with van der Waals surface area (Å²) in [6.45, 7) is 10.9. The Morgan fingerprint density at radius 2 is 2.00 bits per heavy atom. The molecule has 2 bridgehead atoms. The van der Waals surface area contributed by atoms with E-state index in [1.54, 1.807) is 19.9 Å². The van der Waals surface area contributed by atoms with Gasteiger partial charge in [0.15, 0.2) is 6.61 Å². The van der Waals surface area contributed by atoms with Gasteiger partial charge in [0.1, 0.15) is 17.1 Å². The van der Waals surface area contributed by atoms with Gasteiger partial charge in [-0.15, -0.1) is 0 Å². The van der Waals surface area contributed by atoms with Crippen LogP contribution in [-0.4, -0.2) is 36.0 Å². The third kappa shape index (κ3) is 3.21. The first-order chi connectivity index (χ1) is 11.1. The molecule has 24 heavy (non-hydrogen) atoms. The molecule has 0 radical (unpaired) electrons. The smallest absolute Gasteiger partial charge is 0.342 e. The fraction of sp³-hybridized carbons (Fsp3) is 0.684. The number of fused-ring (bicyclic) bond motifs is 2. The van der Waals surface area contributed by atoms with Crippen molar-refractivity contribution in [3.8, 4) is 0 Å². The zero-order valence-corrected chi connectivity index (χ0v) is 15.3. The fourth-order valence-corrected chi connectivity index (χ4v) is 4.87. The lowest BCUT2D eigenvalue weighted by atomic mass is 9.65. The van der Waals surface area contributed by atoms with Crippen LogP contribution >= 0.6 is 0 Å². The second-order valence-corrected chi connectivity index (χ2v) is 8.64. The number of hydrogen-bond donors (Lipinski definition) is 0. The first-order valence-electron chi connectivity index (χ1n) is 8.62. The van der Waals surface area contributed by atoms with Crippen LogP contribution in [-0.2, 0) is 9.53 Å². The van der Waals surface area contributed by atoms with E-state index in [2.05, 4.69) is 20.8 Å². The molecular formula is C19H27NO4. The molecule has 132 valence electrons. The molecule has 0 N–H and O–H groups in total. The molecular weight excluding hydrogens is 306 g/mol. The Morgan fingerprint density at radius 3 is 2.62 bits per heavy atom. The van der Waals surface area contributed by atoms with Gasteiger partial charge in [0.25, 0.3) is 5.91 Å². The average Bonchev–Trinajstić information content (AvgIpc) is 2.90. The molecule has 1 saturated heterocycles. The number of amides is 1. The number of likely N-dealkylation sites (tertiary alicyclic amines) is 1. The molecule has 1 saturated carbocycles. The number of hydrogen-bond acceptors (Lipinski definition) is 4. The molecule has 1 aromatic rings. The number of nitrogens with zero attached hydrogens (tertiary/aromatic N) is 1. The van der Waals surface area contributed by atoms with Crippen LogP contribution in [0.2, 0.25) is 0 Å². The summed E-state index contributed by atoms with van der Waals surface area (Å²) in [5.74, 6) is 0.601. The van der Waals surface area contributed by atoms with Crippen molar-refractivity contribution in [2.45, 2.75) is 59.9 Å². The summed E-state index contributed by atoms with van der Waals surface area (Å²) in [4.78, 5) is 26.7. The van der Waals surface area contributed by atoms with E-state index in [1.807, 2.05) is 4.90 Å². The van der Waals surface area contributed by atoms with E-state index >= 15 is 0 Å². The monoisotopic (exact) mass is 333 g/mol. The lowest BCUT2D eigenvalue weighted by Crippen LogP contribution is -2.39. The Labute approximate surface area is 143 Å². The topological polar surface area (TPSA) is 59.8 Å². The molecule has 0 spiro atoms. The summed E-state index contributed by atoms with van der Waals surface area (Å²) < 4.78 is 10.6. The SMILES string of the molecule is Cc1cc(C(=O)OCC(=O)N2C[C@@]3(C)C[C@@H]2CC(C)(C)C3)c(C)o1. The standard InChI is InChI=1S/C19H27NO4/c1-12-6-15(13(2)24-12)17(22)23-9-16(21)20-11-19(5)8-14(20)7-18(3,4)10-19/h6,14H,7-11H2,1-5H3/t14-,19-/m0/s1. The molecule has 0 unspecified atom stereocenters. The number of carbonyl (C=O) groups excluding carboxylic acids is 2. The van der Waals surface area contributed by atoms with Crippen molar-refractivity contribution in [1.29, 1.82) is 0 Å². The van der Waals surface area contributed by atoms with Gasteiger partial charge in [-0.05, 0) is 50.0 Å². The maximum absolute atomic E-state index is 12.6. The van der Waals surface area contributed by atoms with Crippen LogP contribution in [0.25, 0.3) is 0 Å². The second kappa shape index (κ2) is 5.64. The largest absolute Gasteiger partial charge is 0.466 e. The zero-order chi connectivity index (χ0) is 17.7. The summed E-state index contributed by atoms with van der Waals surface area (Å²) in [6.07, 6.45) is 3.20. The summed E-state index contributed by atoms with van der Waals surface area (Å²) in [6, 6.07) is 1.91. The predicted molar refractivity (Wildman–Crippen MR) is 89.7 cm³/mol. The molecule has 2 fully saturated rings. The Bertz CT molecular complexity index is 675. The van der Waals surface area contributed by atoms with Crippen LogP contribution in [0, 0.1) is 24.7 Å². The Morgan fingerprint density at radius 1 is 1.29 bits per heavy atom. The molecule has 5 nitrogen and oxygen atoms in total. The van der Waals surface area contributed by atoms with Gasteiger partial charge in [0.2, 0.25) is 0 Å². The summed E-state index contributed by atoms with van der Waals surface area (Å²) in [5.41, 5.74) is 0.840. The molecule has 3 rings (SSSR count). The van der Waals surface area contributed by atoms with Crippen LogP contribution in [0.5, 0.6) is 0 Å². The van der Waals surface area contributed by atoms with E-state index in [0.717, 1.165) is 25.8 Å². The molecule has 2 heterocycles. The van der Waals surface area contributed by atoms with Crippen LogP contribution < -0.4 is 0 Å². The van der Waals surface area contributed by atoms with Gasteiger partial charge in [-0.1, -0.05) is 20.8 Å². The van der Waals surface area contributed by atoms with Crippen LogP contribution in [0.15, 0.2) is 10.5 Å². The summed E-state index contributed by atoms with van der Waals surface area (Å²) >= 11 is 0. The maximum Gasteiger partial charge on any atom is 0.342 e. The highest BCUT2D eigenvalue weighted by Gasteiger charge is 2.50. The van der Waals surface area contributed by atoms with Gasteiger partial charge in [0, 0.05) is 12.6 Å². The van der Waals surface area contributed by atoms with E-state index in [4.69, 9.17) is 9.15 Å². The predicted octanol–water partition coefficient (Wildman–Crippen LogP) is 3.48. The Hall–Kier alpha value is -1.78. The molecule has 1 aromatic heterocycles. The minimum Gasteiger partial charge on any atom is -0.466 e. The molecule has 0 aromatic carbocycles. The summed E-state index contributed by atoms with van der Waals surface area (Å²) in [7, 11) is 0. The zero-order valence-electron chi connectivity index (χ0n) is 15.3. The number of esters is 1. The Balaban J connectivity index is 1.62. The number of aryl methyl sites for hydroxylation is 2. The Kier molecular flexibility index (Phi) is 4.01. The van der Waals surface area contributed by atoms with Crippen LogP contribution in [0.4, 0.5) is 0 Å². The molecule has 2 aliphatic rings. The highest BCUT2D eigenvalue weighted by atomic mass is 16.5. The first kappa shape index (κ1) is 17.1. The van der Waals surface area contributed by atoms with E-state index in [9.17, 15) is 9.59 Å². The molecule has 2 atom stereocenters. The van der Waals surface area contributed by atoms with Crippen molar-refractivity contribution in [1.82, 2.24) is 4.90 Å². The number of ether oxygens (including phenoxy) is 1. The van der Waals surface area contributed by atoms with Crippen LogP contribution in [0.1, 0.15) is 61.9 Å².